The smallest absolute Gasteiger partial charge is 0.315 e. The van der Waals surface area contributed by atoms with Crippen LogP contribution >= 0.6 is 15.9 Å². The zero-order valence-electron chi connectivity index (χ0n) is 21.4. The number of nitro benzene ring substituents is 1. The van der Waals surface area contributed by atoms with Crippen LogP contribution in [0.4, 0.5) is 10.1 Å². The summed E-state index contributed by atoms with van der Waals surface area (Å²) < 4.78 is 26.9. The van der Waals surface area contributed by atoms with E-state index in [1.54, 1.807) is 31.2 Å². The van der Waals surface area contributed by atoms with Crippen LogP contribution in [0, 0.1) is 15.9 Å². The molecule has 0 saturated carbocycles. The van der Waals surface area contributed by atoms with Gasteiger partial charge in [0, 0.05) is 22.5 Å². The van der Waals surface area contributed by atoms with E-state index >= 15 is 0 Å². The van der Waals surface area contributed by atoms with Crippen molar-refractivity contribution in [1.29, 1.82) is 0 Å². The first kappa shape index (κ1) is 27.9. The minimum absolute atomic E-state index is 0.0821. The molecule has 0 saturated heterocycles. The Morgan fingerprint density at radius 1 is 1.15 bits per heavy atom. The van der Waals surface area contributed by atoms with Crippen molar-refractivity contribution in [2.75, 3.05) is 6.61 Å². The Bertz CT molecular complexity index is 1610. The first-order valence-corrected chi connectivity index (χ1v) is 13.2. The van der Waals surface area contributed by atoms with E-state index in [1.165, 1.54) is 35.2 Å². The van der Waals surface area contributed by atoms with E-state index in [0.29, 0.717) is 34.3 Å². The fourth-order valence-corrected chi connectivity index (χ4v) is 4.30. The van der Waals surface area contributed by atoms with Gasteiger partial charge in [0.2, 0.25) is 5.75 Å². The van der Waals surface area contributed by atoms with Crippen molar-refractivity contribution in [1.82, 2.24) is 9.66 Å². The summed E-state index contributed by atoms with van der Waals surface area (Å²) in [5.74, 6) is 0.0961. The molecule has 0 N–H and O–H groups in total. The molecule has 0 amide bonds. The standard InChI is InChI=1S/C28H26BrFN4O5/c1-3-5-9-26-32-23-11-10-20(29)15-22(23)28(35)33(26)31-16-19-13-24(34(36)37)27(25(14-19)38-4-2)39-17-18-7-6-8-21(30)12-18/h6-8,10-16H,3-5,9,17H2,1-2H3. The number of nitrogens with zero attached hydrogens (tertiary/aromatic N) is 4. The molecule has 4 aromatic rings. The number of hydrogen-bond donors (Lipinski definition) is 0. The molecule has 0 spiro atoms. The average Bonchev–Trinajstić information content (AvgIpc) is 2.91. The Hall–Kier alpha value is -4.12. The number of benzene rings is 3. The van der Waals surface area contributed by atoms with Gasteiger partial charge in [-0.2, -0.15) is 9.78 Å². The lowest BCUT2D eigenvalue weighted by Gasteiger charge is -2.13. The molecule has 0 aliphatic carbocycles. The van der Waals surface area contributed by atoms with Crippen LogP contribution in [0.2, 0.25) is 0 Å². The maximum Gasteiger partial charge on any atom is 0.315 e. The maximum atomic E-state index is 13.6. The molecule has 0 radical (unpaired) electrons. The third kappa shape index (κ3) is 6.66. The van der Waals surface area contributed by atoms with Crippen LogP contribution in [0.3, 0.4) is 0 Å². The average molecular weight is 597 g/mol. The first-order chi connectivity index (χ1) is 18.8. The predicted octanol–water partition coefficient (Wildman–Crippen LogP) is 6.41. The van der Waals surface area contributed by atoms with Gasteiger partial charge in [0.05, 0.1) is 28.6 Å². The van der Waals surface area contributed by atoms with Crippen molar-refractivity contribution in [3.05, 3.63) is 102 Å². The molecule has 202 valence electrons. The van der Waals surface area contributed by atoms with E-state index < -0.39 is 10.7 Å². The molecule has 3 aromatic carbocycles. The Kier molecular flexibility index (Phi) is 9.03. The fraction of sp³-hybridized carbons (Fsp3) is 0.250. The molecule has 0 atom stereocenters. The van der Waals surface area contributed by atoms with Crippen LogP contribution in [-0.4, -0.2) is 27.4 Å². The lowest BCUT2D eigenvalue weighted by Crippen LogP contribution is -2.22. The topological polar surface area (TPSA) is 109 Å². The van der Waals surface area contributed by atoms with Crippen LogP contribution in [0.25, 0.3) is 10.9 Å². The first-order valence-electron chi connectivity index (χ1n) is 12.4. The number of rotatable bonds is 11. The normalized spacial score (nSPS) is 11.3. The van der Waals surface area contributed by atoms with Gasteiger partial charge in [0.1, 0.15) is 18.2 Å². The van der Waals surface area contributed by atoms with Crippen LogP contribution in [0.15, 0.2) is 69.0 Å². The Morgan fingerprint density at radius 3 is 2.69 bits per heavy atom. The fourth-order valence-electron chi connectivity index (χ4n) is 3.94. The highest BCUT2D eigenvalue weighted by molar-refractivity contribution is 9.10. The lowest BCUT2D eigenvalue weighted by molar-refractivity contribution is -0.386. The van der Waals surface area contributed by atoms with Gasteiger partial charge < -0.3 is 9.47 Å². The predicted molar refractivity (Wildman–Crippen MR) is 150 cm³/mol. The third-order valence-electron chi connectivity index (χ3n) is 5.78. The summed E-state index contributed by atoms with van der Waals surface area (Å²) in [5.41, 5.74) is 0.698. The SMILES string of the molecule is CCCCc1nc2ccc(Br)cc2c(=O)n1N=Cc1cc(OCC)c(OCc2cccc(F)c2)c([N+](=O)[O-])c1. The molecule has 1 heterocycles. The van der Waals surface area contributed by atoms with Crippen LogP contribution in [0.5, 0.6) is 11.5 Å². The highest BCUT2D eigenvalue weighted by Crippen LogP contribution is 2.39. The lowest BCUT2D eigenvalue weighted by atomic mass is 10.1. The molecule has 0 fully saturated rings. The summed E-state index contributed by atoms with van der Waals surface area (Å²) in [6.07, 6.45) is 3.60. The quantitative estimate of drug-likeness (QED) is 0.112. The Labute approximate surface area is 232 Å². The maximum absolute atomic E-state index is 13.6. The molecule has 39 heavy (non-hydrogen) atoms. The number of aryl methyl sites for hydroxylation is 1. The number of ether oxygens (including phenoxy) is 2. The minimum atomic E-state index is -0.589. The van der Waals surface area contributed by atoms with Crippen molar-refractivity contribution in [3.63, 3.8) is 0 Å². The molecular weight excluding hydrogens is 571 g/mol. The molecular formula is C28H26BrFN4O5. The van der Waals surface area contributed by atoms with Crippen molar-refractivity contribution in [2.45, 2.75) is 39.7 Å². The van der Waals surface area contributed by atoms with Crippen LogP contribution in [0.1, 0.15) is 43.6 Å². The van der Waals surface area contributed by atoms with E-state index in [0.717, 1.165) is 17.3 Å². The largest absolute Gasteiger partial charge is 0.490 e. The second kappa shape index (κ2) is 12.6. The molecule has 0 unspecified atom stereocenters. The molecule has 1 aromatic heterocycles. The summed E-state index contributed by atoms with van der Waals surface area (Å²) in [5, 5.41) is 16.7. The van der Waals surface area contributed by atoms with E-state index in [-0.39, 0.29) is 36.0 Å². The van der Waals surface area contributed by atoms with Crippen LogP contribution < -0.4 is 15.0 Å². The van der Waals surface area contributed by atoms with Crippen LogP contribution in [-0.2, 0) is 13.0 Å². The Balaban J connectivity index is 1.76. The van der Waals surface area contributed by atoms with E-state index in [9.17, 15) is 19.3 Å². The second-order valence-corrected chi connectivity index (χ2v) is 9.55. The van der Waals surface area contributed by atoms with E-state index in [4.69, 9.17) is 9.47 Å². The molecule has 0 aliphatic heterocycles. The van der Waals surface area contributed by atoms with Gasteiger partial charge in [-0.25, -0.2) is 9.37 Å². The highest BCUT2D eigenvalue weighted by atomic mass is 79.9. The van der Waals surface area contributed by atoms with E-state index in [2.05, 4.69) is 26.0 Å². The van der Waals surface area contributed by atoms with Crippen molar-refractivity contribution >= 4 is 38.7 Å². The monoisotopic (exact) mass is 596 g/mol. The minimum Gasteiger partial charge on any atom is -0.490 e. The summed E-state index contributed by atoms with van der Waals surface area (Å²) in [4.78, 5) is 29.4. The van der Waals surface area contributed by atoms with Gasteiger partial charge >= 0.3 is 5.69 Å². The summed E-state index contributed by atoms with van der Waals surface area (Å²) >= 11 is 3.39. The van der Waals surface area contributed by atoms with Crippen molar-refractivity contribution < 1.29 is 18.8 Å². The number of aromatic nitrogens is 2. The van der Waals surface area contributed by atoms with Gasteiger partial charge in [0.25, 0.3) is 5.56 Å². The molecule has 4 rings (SSSR count). The van der Waals surface area contributed by atoms with Gasteiger partial charge in [-0.15, -0.1) is 0 Å². The summed E-state index contributed by atoms with van der Waals surface area (Å²) in [6.45, 7) is 3.90. The second-order valence-electron chi connectivity index (χ2n) is 8.63. The van der Waals surface area contributed by atoms with Crippen molar-refractivity contribution in [3.8, 4) is 11.5 Å². The molecule has 9 nitrogen and oxygen atoms in total. The van der Waals surface area contributed by atoms with Gasteiger partial charge in [-0.1, -0.05) is 41.4 Å². The Morgan fingerprint density at radius 2 is 1.97 bits per heavy atom. The van der Waals surface area contributed by atoms with Gasteiger partial charge in [-0.3, -0.25) is 14.9 Å². The summed E-state index contributed by atoms with van der Waals surface area (Å²) in [6, 6.07) is 13.9. The zero-order valence-corrected chi connectivity index (χ0v) is 23.0. The van der Waals surface area contributed by atoms with Crippen molar-refractivity contribution in [2.24, 2.45) is 5.10 Å². The molecule has 11 heteroatoms. The number of fused-ring (bicyclic) bond motifs is 1. The summed E-state index contributed by atoms with van der Waals surface area (Å²) in [7, 11) is 0. The number of unbranched alkanes of at least 4 members (excludes halogenated alkanes) is 1. The van der Waals surface area contributed by atoms with E-state index in [1.807, 2.05) is 13.0 Å². The number of hydrogen-bond acceptors (Lipinski definition) is 7. The molecule has 0 bridgehead atoms. The zero-order chi connectivity index (χ0) is 27.9. The number of nitro groups is 1. The van der Waals surface area contributed by atoms with Gasteiger partial charge in [-0.05, 0) is 55.3 Å². The van der Waals surface area contributed by atoms with Gasteiger partial charge in [0.15, 0.2) is 5.75 Å². The third-order valence-corrected chi connectivity index (χ3v) is 6.27. The molecule has 0 aliphatic rings. The number of halogens is 2. The highest BCUT2D eigenvalue weighted by Gasteiger charge is 2.23.